The molecule has 0 atom stereocenters. The number of ether oxygens (including phenoxy) is 2. The van der Waals surface area contributed by atoms with Gasteiger partial charge in [-0.25, -0.2) is 4.98 Å². The van der Waals surface area contributed by atoms with Gasteiger partial charge < -0.3 is 14.8 Å². The van der Waals surface area contributed by atoms with Gasteiger partial charge in [0.25, 0.3) is 5.56 Å². The van der Waals surface area contributed by atoms with Crippen LogP contribution in [0.25, 0.3) is 10.2 Å². The fraction of sp³-hybridized carbons (Fsp3) is 0.435. The lowest BCUT2D eigenvalue weighted by atomic mass is 10.1. The summed E-state index contributed by atoms with van der Waals surface area (Å²) in [6.07, 6.45) is 3.58. The number of benzene rings is 1. The Labute approximate surface area is 195 Å². The van der Waals surface area contributed by atoms with Gasteiger partial charge in [-0.3, -0.25) is 14.2 Å². The highest BCUT2D eigenvalue weighted by Gasteiger charge is 2.23. The Kier molecular flexibility index (Phi) is 7.05. The van der Waals surface area contributed by atoms with Crippen molar-refractivity contribution >= 4 is 39.2 Å². The molecule has 0 saturated heterocycles. The molecule has 1 aromatic carbocycles. The molecule has 1 aliphatic carbocycles. The van der Waals surface area contributed by atoms with E-state index in [4.69, 9.17) is 14.5 Å². The standard InChI is InChI=1S/C23H27N3O4S2/c1-4-16-12-17-21(32-16)25-23(31-13-20(27)24-15-6-7-15)26(22(17)28)10-9-14-5-8-18(29-2)19(11-14)30-3/h5,8,11-12,15H,4,6-7,9-10,13H2,1-3H3,(H,24,27). The second-order valence-corrected chi connectivity index (χ2v) is 9.76. The first kappa shape index (κ1) is 22.7. The lowest BCUT2D eigenvalue weighted by Crippen LogP contribution is -2.28. The molecule has 1 N–H and O–H groups in total. The first-order valence-corrected chi connectivity index (χ1v) is 12.5. The van der Waals surface area contributed by atoms with Gasteiger partial charge in [-0.2, -0.15) is 0 Å². The van der Waals surface area contributed by atoms with E-state index in [0.717, 1.165) is 34.5 Å². The summed E-state index contributed by atoms with van der Waals surface area (Å²) in [7, 11) is 3.21. The zero-order chi connectivity index (χ0) is 22.7. The summed E-state index contributed by atoms with van der Waals surface area (Å²) in [5, 5.41) is 4.22. The molecule has 170 valence electrons. The number of carbonyl (C=O) groups excluding carboxylic acids is 1. The quantitative estimate of drug-likeness (QED) is 0.358. The molecule has 0 bridgehead atoms. The minimum Gasteiger partial charge on any atom is -0.493 e. The van der Waals surface area contributed by atoms with E-state index in [0.29, 0.717) is 41.0 Å². The smallest absolute Gasteiger partial charge is 0.262 e. The van der Waals surface area contributed by atoms with E-state index in [2.05, 4.69) is 12.2 Å². The van der Waals surface area contributed by atoms with Gasteiger partial charge in [-0.05, 0) is 49.4 Å². The topological polar surface area (TPSA) is 82.5 Å². The van der Waals surface area contributed by atoms with E-state index in [1.54, 1.807) is 30.1 Å². The van der Waals surface area contributed by atoms with Crippen molar-refractivity contribution in [3.05, 3.63) is 45.1 Å². The third kappa shape index (κ3) is 5.10. The van der Waals surface area contributed by atoms with Crippen molar-refractivity contribution in [1.29, 1.82) is 0 Å². The molecule has 0 radical (unpaired) electrons. The molecule has 2 heterocycles. The average molecular weight is 474 g/mol. The Morgan fingerprint density at radius 3 is 2.72 bits per heavy atom. The Morgan fingerprint density at radius 2 is 2.03 bits per heavy atom. The summed E-state index contributed by atoms with van der Waals surface area (Å²) in [4.78, 5) is 32.2. The van der Waals surface area contributed by atoms with Crippen molar-refractivity contribution in [2.45, 2.75) is 50.4 Å². The molecule has 7 nitrogen and oxygen atoms in total. The van der Waals surface area contributed by atoms with Crippen molar-refractivity contribution in [2.24, 2.45) is 0 Å². The van der Waals surface area contributed by atoms with Crippen LogP contribution in [0.1, 0.15) is 30.2 Å². The van der Waals surface area contributed by atoms with Gasteiger partial charge in [0, 0.05) is 17.5 Å². The van der Waals surface area contributed by atoms with Gasteiger partial charge in [-0.15, -0.1) is 11.3 Å². The molecule has 1 aliphatic rings. The maximum atomic E-state index is 13.3. The minimum absolute atomic E-state index is 0.0151. The molecule has 4 rings (SSSR count). The van der Waals surface area contributed by atoms with Crippen molar-refractivity contribution in [3.63, 3.8) is 0 Å². The van der Waals surface area contributed by atoms with Gasteiger partial charge >= 0.3 is 0 Å². The molecule has 0 spiro atoms. The zero-order valence-corrected chi connectivity index (χ0v) is 20.1. The molecule has 0 unspecified atom stereocenters. The minimum atomic E-state index is -0.0588. The van der Waals surface area contributed by atoms with Crippen LogP contribution in [-0.2, 0) is 24.2 Å². The molecular weight excluding hydrogens is 446 g/mol. The highest BCUT2D eigenvalue weighted by atomic mass is 32.2. The predicted molar refractivity (Wildman–Crippen MR) is 128 cm³/mol. The molecule has 3 aromatic rings. The first-order chi connectivity index (χ1) is 15.5. The SMILES string of the molecule is CCc1cc2c(=O)n(CCc3ccc(OC)c(OC)c3)c(SCC(=O)NC3CC3)nc2s1. The first-order valence-electron chi connectivity index (χ1n) is 10.7. The van der Waals surface area contributed by atoms with Crippen LogP contribution >= 0.6 is 23.1 Å². The number of hydrogen-bond acceptors (Lipinski definition) is 7. The third-order valence-electron chi connectivity index (χ3n) is 5.36. The highest BCUT2D eigenvalue weighted by Crippen LogP contribution is 2.29. The molecule has 1 amide bonds. The van der Waals surface area contributed by atoms with Crippen LogP contribution in [0.3, 0.4) is 0 Å². The molecule has 2 aromatic heterocycles. The Morgan fingerprint density at radius 1 is 1.25 bits per heavy atom. The lowest BCUT2D eigenvalue weighted by molar-refractivity contribution is -0.118. The number of aryl methyl sites for hydroxylation is 2. The molecule has 32 heavy (non-hydrogen) atoms. The molecule has 1 fully saturated rings. The van der Waals surface area contributed by atoms with Crippen LogP contribution in [0.15, 0.2) is 34.2 Å². The number of carbonyl (C=O) groups is 1. The summed E-state index contributed by atoms with van der Waals surface area (Å²) in [6, 6.07) is 8.01. The Bertz CT molecular complexity index is 1180. The zero-order valence-electron chi connectivity index (χ0n) is 18.5. The van der Waals surface area contributed by atoms with Gasteiger partial charge in [0.2, 0.25) is 5.91 Å². The van der Waals surface area contributed by atoms with E-state index in [-0.39, 0.29) is 17.2 Å². The Hall–Kier alpha value is -2.52. The van der Waals surface area contributed by atoms with Crippen molar-refractivity contribution in [1.82, 2.24) is 14.9 Å². The normalized spacial score (nSPS) is 13.3. The number of rotatable bonds is 10. The van der Waals surface area contributed by atoms with Crippen LogP contribution in [-0.4, -0.2) is 41.5 Å². The lowest BCUT2D eigenvalue weighted by Gasteiger charge is -2.13. The maximum Gasteiger partial charge on any atom is 0.262 e. The molecule has 0 aliphatic heterocycles. The van der Waals surface area contributed by atoms with Gasteiger partial charge in [-0.1, -0.05) is 24.8 Å². The number of nitrogens with one attached hydrogen (secondary N) is 1. The number of fused-ring (bicyclic) bond motifs is 1. The third-order valence-corrected chi connectivity index (χ3v) is 7.51. The van der Waals surface area contributed by atoms with E-state index < -0.39 is 0 Å². The number of nitrogens with zero attached hydrogens (tertiary/aromatic N) is 2. The van der Waals surface area contributed by atoms with Crippen LogP contribution in [0, 0.1) is 0 Å². The second-order valence-electron chi connectivity index (χ2n) is 7.71. The van der Waals surface area contributed by atoms with Crippen LogP contribution < -0.4 is 20.3 Å². The van der Waals surface area contributed by atoms with Gasteiger partial charge in [0.15, 0.2) is 16.7 Å². The van der Waals surface area contributed by atoms with E-state index >= 15 is 0 Å². The molecule has 1 saturated carbocycles. The fourth-order valence-corrected chi connectivity index (χ4v) is 5.28. The Balaban J connectivity index is 1.60. The summed E-state index contributed by atoms with van der Waals surface area (Å²) in [5.74, 6) is 1.55. The van der Waals surface area contributed by atoms with Gasteiger partial charge in [0.1, 0.15) is 4.83 Å². The number of aromatic nitrogens is 2. The van der Waals surface area contributed by atoms with Crippen LogP contribution in [0.2, 0.25) is 0 Å². The van der Waals surface area contributed by atoms with Crippen LogP contribution in [0.4, 0.5) is 0 Å². The summed E-state index contributed by atoms with van der Waals surface area (Å²) < 4.78 is 12.4. The highest BCUT2D eigenvalue weighted by molar-refractivity contribution is 7.99. The summed E-state index contributed by atoms with van der Waals surface area (Å²) in [6.45, 7) is 2.53. The number of thioether (sulfide) groups is 1. The van der Waals surface area contributed by atoms with Crippen molar-refractivity contribution in [2.75, 3.05) is 20.0 Å². The number of methoxy groups -OCH3 is 2. The number of thiophene rings is 1. The van der Waals surface area contributed by atoms with Gasteiger partial charge in [0.05, 0.1) is 25.4 Å². The number of hydrogen-bond donors (Lipinski definition) is 1. The van der Waals surface area contributed by atoms with E-state index in [1.165, 1.54) is 11.8 Å². The number of amides is 1. The predicted octanol–water partition coefficient (Wildman–Crippen LogP) is 3.65. The summed E-state index contributed by atoms with van der Waals surface area (Å²) >= 11 is 2.87. The molecular formula is C23H27N3O4S2. The monoisotopic (exact) mass is 473 g/mol. The average Bonchev–Trinajstić information content (AvgIpc) is 3.51. The molecule has 9 heteroatoms. The van der Waals surface area contributed by atoms with Crippen molar-refractivity contribution in [3.8, 4) is 11.5 Å². The van der Waals surface area contributed by atoms with Crippen molar-refractivity contribution < 1.29 is 14.3 Å². The summed E-state index contributed by atoms with van der Waals surface area (Å²) in [5.41, 5.74) is 0.966. The second kappa shape index (κ2) is 9.95. The van der Waals surface area contributed by atoms with E-state index in [9.17, 15) is 9.59 Å². The maximum absolute atomic E-state index is 13.3. The van der Waals surface area contributed by atoms with Crippen LogP contribution in [0.5, 0.6) is 11.5 Å². The van der Waals surface area contributed by atoms with E-state index in [1.807, 2.05) is 24.3 Å². The fourth-order valence-electron chi connectivity index (χ4n) is 3.43. The largest absolute Gasteiger partial charge is 0.493 e.